The number of guanidine groups is 1. The van der Waals surface area contributed by atoms with Crippen LogP contribution >= 0.6 is 0 Å². The summed E-state index contributed by atoms with van der Waals surface area (Å²) < 4.78 is 5.16. The van der Waals surface area contributed by atoms with E-state index >= 15 is 0 Å². The highest BCUT2D eigenvalue weighted by molar-refractivity contribution is 6.04. The fourth-order valence-electron chi connectivity index (χ4n) is 3.16. The lowest BCUT2D eigenvalue weighted by Crippen LogP contribution is -2.64. The van der Waals surface area contributed by atoms with E-state index in [1.807, 2.05) is 29.2 Å². The number of nitrogens with zero attached hydrogens (tertiary/aromatic N) is 3. The molecule has 2 atom stereocenters. The quantitative estimate of drug-likeness (QED) is 0.623. The maximum Gasteiger partial charge on any atom is 0.325 e. The van der Waals surface area contributed by atoms with Crippen LogP contribution in [-0.2, 0) is 11.2 Å². The number of aliphatic hydroxyl groups excluding tert-OH is 1. The van der Waals surface area contributed by atoms with Gasteiger partial charge in [0.15, 0.2) is 12.0 Å². The molecule has 2 fully saturated rings. The molecule has 0 bridgehead atoms. The highest BCUT2D eigenvalue weighted by atomic mass is 16.5. The van der Waals surface area contributed by atoms with Gasteiger partial charge in [-0.15, -0.1) is 0 Å². The summed E-state index contributed by atoms with van der Waals surface area (Å²) in [5.74, 6) is 0.947. The van der Waals surface area contributed by atoms with Crippen LogP contribution in [0, 0.1) is 0 Å². The lowest BCUT2D eigenvalue weighted by atomic mass is 10.1. The number of ether oxygens (including phenoxy) is 1. The van der Waals surface area contributed by atoms with Crippen molar-refractivity contribution in [3.63, 3.8) is 0 Å². The van der Waals surface area contributed by atoms with Gasteiger partial charge in [-0.25, -0.2) is 4.79 Å². The highest BCUT2D eigenvalue weighted by Gasteiger charge is 2.49. The molecular weight excluding hydrogens is 338 g/mol. The number of likely N-dealkylation sites (N-methyl/N-ethyl adjacent to an activating group) is 1. The number of rotatable bonds is 6. The molecule has 0 aliphatic carbocycles. The molecule has 9 heteroatoms. The van der Waals surface area contributed by atoms with E-state index in [2.05, 4.69) is 15.6 Å². The Hall–Kier alpha value is -2.81. The molecule has 3 N–H and O–H groups in total. The normalized spacial score (nSPS) is 23.7. The van der Waals surface area contributed by atoms with E-state index < -0.39 is 18.2 Å². The minimum atomic E-state index is -0.562. The summed E-state index contributed by atoms with van der Waals surface area (Å²) in [5, 5.41) is 14.6. The second kappa shape index (κ2) is 7.61. The fourth-order valence-corrected chi connectivity index (χ4v) is 3.16. The number of methoxy groups -OCH3 is 1. The van der Waals surface area contributed by atoms with E-state index in [0.717, 1.165) is 11.3 Å². The van der Waals surface area contributed by atoms with E-state index in [4.69, 9.17) is 9.84 Å². The van der Waals surface area contributed by atoms with Gasteiger partial charge in [-0.2, -0.15) is 0 Å². The zero-order valence-corrected chi connectivity index (χ0v) is 14.8. The number of hydrogen-bond acceptors (Lipinski definition) is 5. The third-order valence-electron chi connectivity index (χ3n) is 4.58. The molecule has 2 aliphatic rings. The predicted molar refractivity (Wildman–Crippen MR) is 94.8 cm³/mol. The van der Waals surface area contributed by atoms with Crippen LogP contribution in [0.1, 0.15) is 5.56 Å². The lowest BCUT2D eigenvalue weighted by Gasteiger charge is -2.35. The number of imide groups is 1. The van der Waals surface area contributed by atoms with E-state index in [1.54, 1.807) is 14.2 Å². The van der Waals surface area contributed by atoms with Crippen molar-refractivity contribution >= 4 is 17.9 Å². The molecule has 0 saturated carbocycles. The average molecular weight is 361 g/mol. The smallest absolute Gasteiger partial charge is 0.325 e. The van der Waals surface area contributed by atoms with Crippen LogP contribution < -0.4 is 15.4 Å². The largest absolute Gasteiger partial charge is 0.497 e. The van der Waals surface area contributed by atoms with Gasteiger partial charge in [-0.3, -0.25) is 15.1 Å². The molecule has 2 heterocycles. The van der Waals surface area contributed by atoms with Gasteiger partial charge in [0.2, 0.25) is 0 Å². The maximum atomic E-state index is 12.4. The Kier molecular flexibility index (Phi) is 5.27. The second-order valence-electron chi connectivity index (χ2n) is 6.16. The number of carbonyl (C=O) groups excluding carboxylic acids is 2. The molecule has 0 radical (unpaired) electrons. The summed E-state index contributed by atoms with van der Waals surface area (Å²) in [4.78, 5) is 31.9. The van der Waals surface area contributed by atoms with E-state index in [9.17, 15) is 9.59 Å². The predicted octanol–water partition coefficient (Wildman–Crippen LogP) is -0.632. The molecule has 0 aromatic heterocycles. The third kappa shape index (κ3) is 3.43. The number of carbonyl (C=O) groups is 2. The molecule has 26 heavy (non-hydrogen) atoms. The number of fused-ring (bicyclic) bond motifs is 1. The van der Waals surface area contributed by atoms with Crippen molar-refractivity contribution in [2.24, 2.45) is 4.99 Å². The number of nitrogens with one attached hydrogen (secondary N) is 2. The third-order valence-corrected chi connectivity index (χ3v) is 4.58. The van der Waals surface area contributed by atoms with Gasteiger partial charge >= 0.3 is 6.03 Å². The highest BCUT2D eigenvalue weighted by Crippen LogP contribution is 2.21. The summed E-state index contributed by atoms with van der Waals surface area (Å²) in [6.07, 6.45) is 0.211. The summed E-state index contributed by atoms with van der Waals surface area (Å²) in [5.41, 5.74) is 1.09. The first-order valence-electron chi connectivity index (χ1n) is 8.44. The number of urea groups is 1. The summed E-state index contributed by atoms with van der Waals surface area (Å²) in [7, 11) is 3.25. The number of benzene rings is 1. The van der Waals surface area contributed by atoms with Crippen molar-refractivity contribution in [2.45, 2.75) is 18.6 Å². The lowest BCUT2D eigenvalue weighted by molar-refractivity contribution is -0.127. The van der Waals surface area contributed by atoms with Crippen LogP contribution in [0.4, 0.5) is 4.79 Å². The van der Waals surface area contributed by atoms with Gasteiger partial charge in [0.25, 0.3) is 5.91 Å². The molecule has 0 spiro atoms. The first-order valence-corrected chi connectivity index (χ1v) is 8.44. The van der Waals surface area contributed by atoms with Crippen molar-refractivity contribution < 1.29 is 19.4 Å². The molecule has 1 aromatic carbocycles. The van der Waals surface area contributed by atoms with Crippen LogP contribution in [0.3, 0.4) is 0 Å². The standard InChI is InChI=1S/C17H23N5O4/c1-21-14-13(15(24)20-17(21)25)22(16(19-14)18-8-10-23)9-7-11-3-5-12(26-2)6-4-11/h3-6,13-14,23H,7-10H2,1-2H3,(H,18,19)(H,20,24,25). The van der Waals surface area contributed by atoms with E-state index in [1.165, 1.54) is 4.90 Å². The van der Waals surface area contributed by atoms with Crippen molar-refractivity contribution in [1.29, 1.82) is 0 Å². The first-order chi connectivity index (χ1) is 12.5. The van der Waals surface area contributed by atoms with Crippen LogP contribution in [0.25, 0.3) is 0 Å². The number of aliphatic imine (C=N–C) groups is 1. The number of hydrogen-bond donors (Lipinski definition) is 3. The van der Waals surface area contributed by atoms with Gasteiger partial charge in [-0.05, 0) is 24.1 Å². The first kappa shape index (κ1) is 18.0. The zero-order valence-electron chi connectivity index (χ0n) is 14.8. The van der Waals surface area contributed by atoms with E-state index in [-0.39, 0.29) is 19.1 Å². The van der Waals surface area contributed by atoms with Gasteiger partial charge in [0.05, 0.1) is 20.3 Å². The van der Waals surface area contributed by atoms with Crippen molar-refractivity contribution in [2.75, 3.05) is 33.9 Å². The van der Waals surface area contributed by atoms with Crippen molar-refractivity contribution in [1.82, 2.24) is 20.4 Å². The van der Waals surface area contributed by atoms with E-state index in [0.29, 0.717) is 18.9 Å². The van der Waals surface area contributed by atoms with Gasteiger partial charge in [0, 0.05) is 13.6 Å². The van der Waals surface area contributed by atoms with Crippen LogP contribution in [0.2, 0.25) is 0 Å². The topological polar surface area (TPSA) is 106 Å². The Labute approximate surface area is 151 Å². The fraction of sp³-hybridized carbons (Fsp3) is 0.471. The SMILES string of the molecule is COc1ccc(CCN2C(=NCCO)NC3C2C(=O)NC(=O)N3C)cc1. The van der Waals surface area contributed by atoms with Crippen molar-refractivity contribution in [3.8, 4) is 5.75 Å². The summed E-state index contributed by atoms with van der Waals surface area (Å²) in [6.45, 7) is 0.675. The zero-order chi connectivity index (χ0) is 18.7. The molecule has 2 saturated heterocycles. The molecule has 2 aliphatic heterocycles. The Balaban J connectivity index is 1.78. The number of aliphatic hydroxyl groups is 1. The van der Waals surface area contributed by atoms with Gasteiger partial charge in [0.1, 0.15) is 11.9 Å². The molecular formula is C17H23N5O4. The van der Waals surface area contributed by atoms with Gasteiger partial charge < -0.3 is 25.0 Å². The summed E-state index contributed by atoms with van der Waals surface area (Å²) >= 11 is 0. The van der Waals surface area contributed by atoms with Crippen LogP contribution in [0.5, 0.6) is 5.75 Å². The Morgan fingerprint density at radius 1 is 1.27 bits per heavy atom. The average Bonchev–Trinajstić information content (AvgIpc) is 3.02. The maximum absolute atomic E-state index is 12.4. The molecule has 2 unspecified atom stereocenters. The second-order valence-corrected chi connectivity index (χ2v) is 6.16. The molecule has 1 aromatic rings. The molecule has 3 rings (SSSR count). The Bertz CT molecular complexity index is 706. The molecule has 3 amide bonds. The number of amides is 3. The molecule has 140 valence electrons. The monoisotopic (exact) mass is 361 g/mol. The summed E-state index contributed by atoms with van der Waals surface area (Å²) in [6, 6.07) is 6.72. The Morgan fingerprint density at radius 3 is 2.65 bits per heavy atom. The van der Waals surface area contributed by atoms with Crippen LogP contribution in [-0.4, -0.2) is 78.9 Å². The minimum Gasteiger partial charge on any atom is -0.497 e. The van der Waals surface area contributed by atoms with Crippen molar-refractivity contribution in [3.05, 3.63) is 29.8 Å². The Morgan fingerprint density at radius 2 is 2.00 bits per heavy atom. The van der Waals surface area contributed by atoms with Gasteiger partial charge in [-0.1, -0.05) is 12.1 Å². The minimum absolute atomic E-state index is 0.0895. The van der Waals surface area contributed by atoms with Crippen LogP contribution in [0.15, 0.2) is 29.3 Å². The molecule has 9 nitrogen and oxygen atoms in total.